The standard InChI is InChI=1S/C30H23S3/c31-24-16-18-28(19-17-24)33(27-14-8-3-9-15-27)30-22-20-29(21-23-30)32(25-10-4-1-5-11-25)26-12-6-2-7-13-26/h1-23H/q+1/p+1. The van der Waals surface area contributed by atoms with Crippen LogP contribution in [0.15, 0.2) is 174 Å². The maximum atomic E-state index is 4.48. The number of benzene rings is 5. The van der Waals surface area contributed by atoms with E-state index in [0.717, 1.165) is 4.90 Å². The summed E-state index contributed by atoms with van der Waals surface area (Å²) >= 11 is 4.48. The van der Waals surface area contributed by atoms with Crippen LogP contribution in [0.25, 0.3) is 0 Å². The predicted octanol–water partition coefficient (Wildman–Crippen LogP) is 8.17. The van der Waals surface area contributed by atoms with Crippen molar-refractivity contribution in [2.45, 2.75) is 34.3 Å². The molecular formula is C30H24S3+2. The van der Waals surface area contributed by atoms with Crippen LogP contribution >= 0.6 is 12.6 Å². The second-order valence-electron chi connectivity index (χ2n) is 7.52. The molecule has 1 unspecified atom stereocenters. The van der Waals surface area contributed by atoms with Crippen molar-refractivity contribution in [3.05, 3.63) is 140 Å². The first-order valence-electron chi connectivity index (χ1n) is 10.8. The van der Waals surface area contributed by atoms with E-state index < -0.39 is 0 Å². The van der Waals surface area contributed by atoms with Gasteiger partial charge in [-0.15, -0.1) is 12.6 Å². The molecular weight excluding hydrogens is 457 g/mol. The summed E-state index contributed by atoms with van der Waals surface area (Å²) in [7, 11) is -0.299. The zero-order valence-electron chi connectivity index (χ0n) is 18.0. The highest BCUT2D eigenvalue weighted by atomic mass is 32.2. The van der Waals surface area contributed by atoms with Gasteiger partial charge in [-0.1, -0.05) is 54.6 Å². The van der Waals surface area contributed by atoms with Crippen molar-refractivity contribution in [1.29, 1.82) is 0 Å². The van der Waals surface area contributed by atoms with Crippen molar-refractivity contribution in [1.82, 2.24) is 0 Å². The van der Waals surface area contributed by atoms with Crippen LogP contribution in [0.3, 0.4) is 0 Å². The van der Waals surface area contributed by atoms with Gasteiger partial charge in [0.05, 0.1) is 21.8 Å². The zero-order valence-corrected chi connectivity index (χ0v) is 20.6. The van der Waals surface area contributed by atoms with E-state index >= 15 is 0 Å². The lowest BCUT2D eigenvalue weighted by Crippen LogP contribution is -2.07. The molecule has 0 heterocycles. The molecule has 0 aliphatic carbocycles. The van der Waals surface area contributed by atoms with Gasteiger partial charge in [-0.3, -0.25) is 0 Å². The van der Waals surface area contributed by atoms with Gasteiger partial charge in [0.2, 0.25) is 0 Å². The smallest absolute Gasteiger partial charge is 0.143 e. The second kappa shape index (κ2) is 10.4. The lowest BCUT2D eigenvalue weighted by atomic mass is 10.3. The summed E-state index contributed by atoms with van der Waals surface area (Å²) in [6.45, 7) is 0. The molecule has 0 radical (unpaired) electrons. The Kier molecular flexibility index (Phi) is 6.92. The highest BCUT2D eigenvalue weighted by Crippen LogP contribution is 2.35. The first-order chi connectivity index (χ1) is 16.3. The first kappa shape index (κ1) is 22.0. The van der Waals surface area contributed by atoms with E-state index in [1.54, 1.807) is 0 Å². The van der Waals surface area contributed by atoms with Crippen LogP contribution in [-0.2, 0) is 21.8 Å². The summed E-state index contributed by atoms with van der Waals surface area (Å²) in [5, 5.41) is 0. The predicted molar refractivity (Wildman–Crippen MR) is 144 cm³/mol. The van der Waals surface area contributed by atoms with Crippen molar-refractivity contribution in [2.24, 2.45) is 0 Å². The average molecular weight is 481 g/mol. The fraction of sp³-hybridized carbons (Fsp3) is 0. The molecule has 1 atom stereocenters. The lowest BCUT2D eigenvalue weighted by molar-refractivity contribution is 1.25. The molecule has 3 heteroatoms. The number of thiol groups is 1. The van der Waals surface area contributed by atoms with Crippen LogP contribution < -0.4 is 0 Å². The van der Waals surface area contributed by atoms with Crippen LogP contribution in [0.1, 0.15) is 0 Å². The molecule has 0 spiro atoms. The van der Waals surface area contributed by atoms with E-state index in [1.807, 2.05) is 0 Å². The summed E-state index contributed by atoms with van der Waals surface area (Å²) in [5.41, 5.74) is 0. The van der Waals surface area contributed by atoms with Crippen molar-refractivity contribution in [3.63, 3.8) is 0 Å². The third-order valence-electron chi connectivity index (χ3n) is 5.30. The summed E-state index contributed by atoms with van der Waals surface area (Å²) in [5.74, 6) is 0. The Balaban J connectivity index is 1.57. The van der Waals surface area contributed by atoms with Crippen LogP contribution in [0, 0.1) is 0 Å². The summed E-state index contributed by atoms with van der Waals surface area (Å²) in [6.07, 6.45) is 0. The highest BCUT2D eigenvalue weighted by molar-refractivity contribution is 7.97. The van der Waals surface area contributed by atoms with Crippen LogP contribution in [0.4, 0.5) is 0 Å². The van der Waals surface area contributed by atoms with Gasteiger partial charge in [-0.2, -0.15) is 0 Å². The Morgan fingerprint density at radius 2 is 0.545 bits per heavy atom. The Hall–Kier alpha value is -2.85. The molecule has 0 fully saturated rings. The fourth-order valence-corrected chi connectivity index (χ4v) is 8.07. The minimum Gasteiger partial charge on any atom is -0.143 e. The summed E-state index contributed by atoms with van der Waals surface area (Å²) in [4.78, 5) is 8.94. The third kappa shape index (κ3) is 5.06. The quantitative estimate of drug-likeness (QED) is 0.184. The molecule has 0 nitrogen and oxygen atoms in total. The van der Waals surface area contributed by atoms with Crippen molar-refractivity contribution >= 4 is 34.4 Å². The molecule has 0 aliphatic rings. The lowest BCUT2D eigenvalue weighted by Gasteiger charge is -2.10. The first-order valence-corrected chi connectivity index (χ1v) is 13.7. The molecule has 0 aliphatic heterocycles. The molecule has 5 rings (SSSR count). The molecule has 0 saturated carbocycles. The van der Waals surface area contributed by atoms with Gasteiger partial charge in [0.1, 0.15) is 0 Å². The minimum atomic E-state index is -0.164. The van der Waals surface area contributed by atoms with Gasteiger partial charge >= 0.3 is 0 Å². The van der Waals surface area contributed by atoms with Gasteiger partial charge in [-0.05, 0) is 84.9 Å². The van der Waals surface area contributed by atoms with Crippen LogP contribution in [0.5, 0.6) is 0 Å². The Labute approximate surface area is 207 Å². The summed E-state index contributed by atoms with van der Waals surface area (Å²) < 4.78 is 0. The number of hydrogen-bond donors (Lipinski definition) is 1. The molecule has 5 aromatic carbocycles. The molecule has 5 aromatic rings. The molecule has 0 N–H and O–H groups in total. The Morgan fingerprint density at radius 3 is 0.848 bits per heavy atom. The normalized spacial score (nSPS) is 11.9. The van der Waals surface area contributed by atoms with Gasteiger partial charge in [0.25, 0.3) is 0 Å². The van der Waals surface area contributed by atoms with E-state index in [9.17, 15) is 0 Å². The topological polar surface area (TPSA) is 0 Å². The summed E-state index contributed by atoms with van der Waals surface area (Å²) in [6, 6.07) is 50.2. The van der Waals surface area contributed by atoms with E-state index in [1.165, 1.54) is 29.4 Å². The maximum absolute atomic E-state index is 4.48. The second-order valence-corrected chi connectivity index (χ2v) is 12.1. The third-order valence-corrected chi connectivity index (χ3v) is 10.1. The van der Waals surface area contributed by atoms with E-state index in [0.29, 0.717) is 0 Å². The largest absolute Gasteiger partial charge is 0.166 e. The molecule has 160 valence electrons. The van der Waals surface area contributed by atoms with E-state index in [2.05, 4.69) is 152 Å². The van der Waals surface area contributed by atoms with Crippen LogP contribution in [-0.4, -0.2) is 0 Å². The minimum absolute atomic E-state index is 0.135. The van der Waals surface area contributed by atoms with Gasteiger partial charge in [-0.25, -0.2) is 0 Å². The molecule has 0 saturated heterocycles. The number of rotatable bonds is 6. The maximum Gasteiger partial charge on any atom is 0.166 e. The zero-order chi connectivity index (χ0) is 22.5. The van der Waals surface area contributed by atoms with Crippen molar-refractivity contribution < 1.29 is 0 Å². The molecule has 0 bridgehead atoms. The van der Waals surface area contributed by atoms with E-state index in [4.69, 9.17) is 0 Å². The fourth-order valence-electron chi connectivity index (χ4n) is 3.78. The monoisotopic (exact) mass is 480 g/mol. The Bertz CT molecular complexity index is 1240. The highest BCUT2D eigenvalue weighted by Gasteiger charge is 2.32. The van der Waals surface area contributed by atoms with E-state index in [-0.39, 0.29) is 21.8 Å². The average Bonchev–Trinajstić information content (AvgIpc) is 2.88. The SMILES string of the molecule is Sc1ccc([S+](c2ccccc2)c2ccc([S+](c3ccccc3)c3ccccc3)cc2)cc1. The molecule has 33 heavy (non-hydrogen) atoms. The van der Waals surface area contributed by atoms with Crippen molar-refractivity contribution in [2.75, 3.05) is 0 Å². The molecule has 0 amide bonds. The van der Waals surface area contributed by atoms with Gasteiger partial charge in [0, 0.05) is 4.90 Å². The number of hydrogen-bond acceptors (Lipinski definition) is 1. The van der Waals surface area contributed by atoms with Crippen molar-refractivity contribution in [3.8, 4) is 0 Å². The van der Waals surface area contributed by atoms with Gasteiger partial charge in [0.15, 0.2) is 29.4 Å². The van der Waals surface area contributed by atoms with Gasteiger partial charge < -0.3 is 0 Å². The molecule has 0 aromatic heterocycles. The Morgan fingerprint density at radius 1 is 0.303 bits per heavy atom. The van der Waals surface area contributed by atoms with Crippen LogP contribution in [0.2, 0.25) is 0 Å².